The molecule has 0 spiro atoms. The van der Waals surface area contributed by atoms with Gasteiger partial charge in [-0.25, -0.2) is 9.97 Å². The number of rotatable bonds is 4. The van der Waals surface area contributed by atoms with Gasteiger partial charge in [0.2, 0.25) is 0 Å². The second kappa shape index (κ2) is 5.93. The number of aromatic nitrogens is 2. The molecule has 3 aliphatic rings. The first-order valence-corrected chi connectivity index (χ1v) is 7.71. The van der Waals surface area contributed by atoms with Gasteiger partial charge in [0.1, 0.15) is 11.6 Å². The smallest absolute Gasteiger partial charge is 0.149 e. The van der Waals surface area contributed by atoms with Gasteiger partial charge >= 0.3 is 0 Å². The van der Waals surface area contributed by atoms with Crippen molar-refractivity contribution in [1.82, 2.24) is 19.8 Å². The van der Waals surface area contributed by atoms with Crippen molar-refractivity contribution in [2.45, 2.75) is 12.6 Å². The largest absolute Gasteiger partial charge is 0.378 e. The summed E-state index contributed by atoms with van der Waals surface area (Å²) in [5.74, 6) is 1.73. The molecule has 0 aliphatic carbocycles. The van der Waals surface area contributed by atoms with Gasteiger partial charge in [0.25, 0.3) is 0 Å². The lowest BCUT2D eigenvalue weighted by Crippen LogP contribution is -2.57. The van der Waals surface area contributed by atoms with Crippen molar-refractivity contribution in [2.24, 2.45) is 0 Å². The summed E-state index contributed by atoms with van der Waals surface area (Å²) in [6.45, 7) is 6.06. The molecule has 0 saturated carbocycles. The second-order valence-electron chi connectivity index (χ2n) is 5.23. The molecule has 4 heterocycles. The average Bonchev–Trinajstić information content (AvgIpc) is 2.50. The Kier molecular flexibility index (Phi) is 4.21. The summed E-state index contributed by atoms with van der Waals surface area (Å²) in [7, 11) is 3.56. The van der Waals surface area contributed by atoms with E-state index in [0.717, 1.165) is 54.5 Å². The maximum atomic E-state index is 5.24. The van der Waals surface area contributed by atoms with Crippen LogP contribution in [0.5, 0.6) is 0 Å². The predicted molar refractivity (Wildman–Crippen MR) is 80.7 cm³/mol. The van der Waals surface area contributed by atoms with Gasteiger partial charge in [-0.1, -0.05) is 0 Å². The normalized spacial score (nSPS) is 28.6. The minimum atomic E-state index is 0.299. The van der Waals surface area contributed by atoms with Crippen LogP contribution in [0.25, 0.3) is 0 Å². The fourth-order valence-electron chi connectivity index (χ4n) is 2.92. The first kappa shape index (κ1) is 14.2. The Morgan fingerprint density at radius 2 is 2.05 bits per heavy atom. The summed E-state index contributed by atoms with van der Waals surface area (Å²) in [6.07, 6.45) is 0. The Morgan fingerprint density at radius 3 is 2.60 bits per heavy atom. The molecule has 0 aromatic carbocycles. The first-order chi connectivity index (χ1) is 9.72. The molecule has 1 aromatic heterocycles. The third-order valence-corrected chi connectivity index (χ3v) is 4.87. The highest BCUT2D eigenvalue weighted by Gasteiger charge is 2.35. The van der Waals surface area contributed by atoms with Crippen LogP contribution in [0.3, 0.4) is 0 Å². The van der Waals surface area contributed by atoms with Gasteiger partial charge in [-0.2, -0.15) is 0 Å². The van der Waals surface area contributed by atoms with Gasteiger partial charge in [0, 0.05) is 46.9 Å². The number of piperazine rings is 3. The fraction of sp³-hybridized carbons (Fsp3) is 0.692. The van der Waals surface area contributed by atoms with Crippen LogP contribution < -0.4 is 5.32 Å². The Morgan fingerprint density at radius 1 is 1.30 bits per heavy atom. The predicted octanol–water partition coefficient (Wildman–Crippen LogP) is 1.10. The summed E-state index contributed by atoms with van der Waals surface area (Å²) >= 11 is 3.55. The van der Waals surface area contributed by atoms with Crippen LogP contribution in [0.1, 0.15) is 17.6 Å². The van der Waals surface area contributed by atoms with E-state index in [1.54, 1.807) is 7.11 Å². The number of methoxy groups -OCH3 is 1. The maximum Gasteiger partial charge on any atom is 0.149 e. The summed E-state index contributed by atoms with van der Waals surface area (Å²) in [5, 5.41) is 3.13. The lowest BCUT2D eigenvalue weighted by molar-refractivity contribution is 0.00846. The third kappa shape index (κ3) is 2.55. The molecule has 6 nitrogen and oxygen atoms in total. The number of hydrogen-bond donors (Lipinski definition) is 1. The van der Waals surface area contributed by atoms with Crippen molar-refractivity contribution >= 4 is 21.7 Å². The number of hydrogen-bond acceptors (Lipinski definition) is 6. The summed E-state index contributed by atoms with van der Waals surface area (Å²) in [6, 6.07) is 0.299. The van der Waals surface area contributed by atoms with Crippen LogP contribution in [0.2, 0.25) is 0 Å². The highest BCUT2D eigenvalue weighted by Crippen LogP contribution is 2.30. The third-order valence-electron chi connectivity index (χ3n) is 4.03. The lowest BCUT2D eigenvalue weighted by Gasteiger charge is -2.46. The van der Waals surface area contributed by atoms with Crippen molar-refractivity contribution in [3.63, 3.8) is 0 Å². The van der Waals surface area contributed by atoms with E-state index >= 15 is 0 Å². The molecular formula is C13H20BrN5O. The number of ether oxygens (including phenoxy) is 1. The maximum absolute atomic E-state index is 5.24. The Balaban J connectivity index is 1.94. The van der Waals surface area contributed by atoms with Gasteiger partial charge in [-0.15, -0.1) is 0 Å². The molecule has 110 valence electrons. The van der Waals surface area contributed by atoms with Gasteiger partial charge in [-0.3, -0.25) is 9.80 Å². The van der Waals surface area contributed by atoms with Crippen molar-refractivity contribution < 1.29 is 4.74 Å². The van der Waals surface area contributed by atoms with Crippen molar-refractivity contribution in [3.05, 3.63) is 16.0 Å². The van der Waals surface area contributed by atoms with Crippen molar-refractivity contribution in [2.75, 3.05) is 52.2 Å². The molecule has 1 aromatic rings. The fourth-order valence-corrected chi connectivity index (χ4v) is 3.41. The number of nitrogens with one attached hydrogen (secondary N) is 1. The Labute approximate surface area is 127 Å². The molecule has 0 amide bonds. The molecule has 3 aliphatic heterocycles. The zero-order chi connectivity index (χ0) is 14.1. The van der Waals surface area contributed by atoms with Gasteiger partial charge in [0.05, 0.1) is 22.8 Å². The monoisotopic (exact) mass is 341 g/mol. The van der Waals surface area contributed by atoms with Crippen molar-refractivity contribution in [3.8, 4) is 0 Å². The number of halogens is 1. The zero-order valence-electron chi connectivity index (χ0n) is 11.9. The molecule has 4 rings (SSSR count). The number of anilines is 1. The molecule has 2 bridgehead atoms. The summed E-state index contributed by atoms with van der Waals surface area (Å²) in [5.41, 5.74) is 0.902. The second-order valence-corrected chi connectivity index (χ2v) is 6.02. The minimum absolute atomic E-state index is 0.299. The van der Waals surface area contributed by atoms with Crippen LogP contribution in [0.4, 0.5) is 5.82 Å². The van der Waals surface area contributed by atoms with Crippen LogP contribution in [-0.4, -0.2) is 66.6 Å². The first-order valence-electron chi connectivity index (χ1n) is 6.92. The van der Waals surface area contributed by atoms with E-state index < -0.39 is 0 Å². The molecule has 1 N–H and O–H groups in total. The SMILES string of the molecule is CNc1nc(C2CN3CCN2CC3)nc(COC)c1Br. The molecule has 20 heavy (non-hydrogen) atoms. The Hall–Kier alpha value is -0.760. The number of nitrogens with zero attached hydrogens (tertiary/aromatic N) is 4. The van der Waals surface area contributed by atoms with Gasteiger partial charge in [0.15, 0.2) is 0 Å². The quantitative estimate of drug-likeness (QED) is 0.885. The highest BCUT2D eigenvalue weighted by molar-refractivity contribution is 9.10. The molecule has 1 unspecified atom stereocenters. The zero-order valence-corrected chi connectivity index (χ0v) is 13.5. The van der Waals surface area contributed by atoms with E-state index in [-0.39, 0.29) is 0 Å². The van der Waals surface area contributed by atoms with Crippen LogP contribution >= 0.6 is 15.9 Å². The molecule has 3 saturated heterocycles. The summed E-state index contributed by atoms with van der Waals surface area (Å²) in [4.78, 5) is 14.4. The average molecular weight is 342 g/mol. The van der Waals surface area contributed by atoms with Crippen molar-refractivity contribution in [1.29, 1.82) is 0 Å². The van der Waals surface area contributed by atoms with E-state index in [2.05, 4.69) is 36.0 Å². The van der Waals surface area contributed by atoms with E-state index in [0.29, 0.717) is 12.6 Å². The molecule has 7 heteroatoms. The van der Waals surface area contributed by atoms with Crippen LogP contribution in [-0.2, 0) is 11.3 Å². The lowest BCUT2D eigenvalue weighted by atomic mass is 10.1. The van der Waals surface area contributed by atoms with E-state index in [1.807, 2.05) is 7.05 Å². The van der Waals surface area contributed by atoms with E-state index in [1.165, 1.54) is 0 Å². The number of fused-ring (bicyclic) bond motifs is 3. The van der Waals surface area contributed by atoms with Gasteiger partial charge < -0.3 is 10.1 Å². The van der Waals surface area contributed by atoms with Gasteiger partial charge in [-0.05, 0) is 15.9 Å². The topological polar surface area (TPSA) is 53.5 Å². The van der Waals surface area contributed by atoms with E-state index in [9.17, 15) is 0 Å². The van der Waals surface area contributed by atoms with Crippen LogP contribution in [0, 0.1) is 0 Å². The molecule has 0 radical (unpaired) electrons. The standard InChI is InChI=1S/C13H20BrN5O/c1-15-13-11(14)9(8-20-2)16-12(17-13)10-7-18-3-5-19(10)6-4-18/h10H,3-8H2,1-2H3,(H,15,16,17). The Bertz CT molecular complexity index is 490. The molecule has 1 atom stereocenters. The molecular weight excluding hydrogens is 322 g/mol. The van der Waals surface area contributed by atoms with Crippen LogP contribution in [0.15, 0.2) is 4.47 Å². The highest BCUT2D eigenvalue weighted by atomic mass is 79.9. The summed E-state index contributed by atoms with van der Waals surface area (Å²) < 4.78 is 6.13. The minimum Gasteiger partial charge on any atom is -0.378 e. The molecule has 3 fully saturated rings. The van der Waals surface area contributed by atoms with E-state index in [4.69, 9.17) is 9.72 Å².